The minimum Gasteiger partial charge on any atom is -0.477 e. The van der Waals surface area contributed by atoms with E-state index in [1.54, 1.807) is 10.9 Å². The molecule has 3 N–H and O–H groups in total. The third kappa shape index (κ3) is 14.6. The number of amidine groups is 3. The van der Waals surface area contributed by atoms with Gasteiger partial charge in [0, 0.05) is 9.87 Å². The molecule has 1 atom stereocenters. The second-order valence-corrected chi connectivity index (χ2v) is 24.0. The monoisotopic (exact) mass is 1710 g/mol. The van der Waals surface area contributed by atoms with Gasteiger partial charge in [-0.3, -0.25) is 9.13 Å². The Bertz CT molecular complexity index is 5110. The van der Waals surface area contributed by atoms with E-state index < -0.39 is 331 Å². The number of hydrogen-bond acceptors (Lipinski definition) is 14. The predicted molar refractivity (Wildman–Crippen MR) is 282 cm³/mol. The molecular weight excluding hydrogens is 1690 g/mol. The van der Waals surface area contributed by atoms with Gasteiger partial charge in [-0.15, -0.1) is 11.3 Å². The average Bonchev–Trinajstić information content (AvgIpc) is 1.52. The first-order chi connectivity index (χ1) is 50.6. The second-order valence-electron chi connectivity index (χ2n) is 23.0. The van der Waals surface area contributed by atoms with Gasteiger partial charge in [-0.05, 0) is 48.0 Å². The molecular formula is C54H19F39N10O8S+2. The summed E-state index contributed by atoms with van der Waals surface area (Å²) in [6.45, 7) is -2.40. The normalized spacial score (nSPS) is 16.7. The highest BCUT2D eigenvalue weighted by Gasteiger charge is 2.67. The van der Waals surface area contributed by atoms with Gasteiger partial charge in [0.05, 0.1) is 32.0 Å². The maximum absolute atomic E-state index is 16.4. The van der Waals surface area contributed by atoms with Crippen LogP contribution in [-0.2, 0) is 17.6 Å². The van der Waals surface area contributed by atoms with E-state index >= 15 is 13.2 Å². The number of nitrogens with one attached hydrogen (secondary N) is 2. The number of halogens is 39. The number of benzene rings is 3. The van der Waals surface area contributed by atoms with Crippen LogP contribution in [0.5, 0.6) is 34.5 Å². The second kappa shape index (κ2) is 25.7. The molecule has 6 aliphatic heterocycles. The molecule has 6 aliphatic rings. The standard InChI is InChI=1S/C54H17F39N10O8S/c55-42(56,57)25-17(7-10(8-94)35(104)105)112-26-24(25)29-97-32-21-14(109-39(49(76,77)78)50(79,80)81)4-3-13(108-38(47(70,71)72)48(73,74)75)20(21)30-95-27-18-11(106-36(43(58,59)60)44(61,62)63)1-2-12(107-37(45(64,65)66)46(67,68)69)19(18)28-96-31-22-15(110-40(51(82,83)84)52(85,86)87)5-6-16(111-41(53(88,89)90)54(91,92)93)23(22)33(103(31)99-102(30)32)98-34(26)101(29)9-100(27)28/h1-7,30,36-41H,9H2,(H-,95,98,99,104,105)/p+2. The van der Waals surface area contributed by atoms with E-state index in [1.807, 2.05) is 0 Å². The summed E-state index contributed by atoms with van der Waals surface area (Å²) in [6.07, 6.45) is -128. The number of fused-ring (bicyclic) bond motifs is 4. The number of hydrazone groups is 2. The van der Waals surface area contributed by atoms with Crippen molar-refractivity contribution in [2.45, 2.75) is 130 Å². The average molecular weight is 1710 g/mol. The number of aliphatic carboxylic acids is 1. The van der Waals surface area contributed by atoms with Crippen LogP contribution >= 0.6 is 11.3 Å². The molecule has 12 bridgehead atoms. The summed E-state index contributed by atoms with van der Waals surface area (Å²) < 4.78 is 605. The first-order valence-electron chi connectivity index (χ1n) is 28.4. The zero-order valence-corrected chi connectivity index (χ0v) is 52.1. The number of carbonyl (C=O) groups is 1. The van der Waals surface area contributed by atoms with Crippen molar-refractivity contribution in [1.29, 1.82) is 5.26 Å². The number of nitriles is 1. The van der Waals surface area contributed by atoms with Crippen molar-refractivity contribution in [2.24, 2.45) is 15.0 Å². The number of thiophene rings is 1. The maximum Gasteiger partial charge on any atom is 0.434 e. The van der Waals surface area contributed by atoms with Crippen molar-refractivity contribution < 1.29 is 219 Å². The summed E-state index contributed by atoms with van der Waals surface area (Å²) in [4.78, 5) is 21.9. The van der Waals surface area contributed by atoms with Crippen molar-refractivity contribution in [3.63, 3.8) is 0 Å². The van der Waals surface area contributed by atoms with E-state index in [0.717, 1.165) is 6.07 Å². The van der Waals surface area contributed by atoms with Gasteiger partial charge in [-0.1, -0.05) is 9.37 Å². The Hall–Kier alpha value is -10.6. The molecule has 610 valence electrons. The molecule has 12 rings (SSSR count). The van der Waals surface area contributed by atoms with Gasteiger partial charge in [0.25, 0.3) is 59.9 Å². The van der Waals surface area contributed by atoms with E-state index in [2.05, 4.69) is 43.4 Å². The maximum atomic E-state index is 16.4. The Kier molecular flexibility index (Phi) is 18.9. The summed E-state index contributed by atoms with van der Waals surface area (Å²) in [5.41, 5.74) is -16.6. The first kappa shape index (κ1) is 82.4. The quantitative estimate of drug-likeness (QED) is 0.0407. The zero-order valence-electron chi connectivity index (χ0n) is 51.3. The molecule has 6 aromatic rings. The number of carboxylic acids is 1. The SMILES string of the molecule is N#CC(=Cc1sc2c3n4c(c2c1C(F)(F)F)=NC1=[N+]2N[N+]5=C(N=3)c3c(OC(C(F)(F)F)C(F)(F)F)ccc(OC(C(F)(F)F)C(F)(F)F)c3C5=Nc3c5c(OC(C(F)(F)F)C(F)(F)F)ccc(OC(C(F)(F)F)C(F)(F)F)c5c(n3C4)NC2c2c(OC(C(F)(F)F)C(F)(F)F)ccc(OC(C(F)(F)F)C(F)(F)F)c21)C(=O)O. The van der Waals surface area contributed by atoms with Gasteiger partial charge < -0.3 is 38.8 Å². The Morgan fingerprint density at radius 1 is 0.473 bits per heavy atom. The molecule has 112 heavy (non-hydrogen) atoms. The van der Waals surface area contributed by atoms with Crippen LogP contribution in [0.25, 0.3) is 26.9 Å². The lowest BCUT2D eigenvalue weighted by atomic mass is 10.0. The number of alkyl halides is 39. The van der Waals surface area contributed by atoms with Gasteiger partial charge >= 0.3 is 92.1 Å². The van der Waals surface area contributed by atoms with Crippen molar-refractivity contribution in [2.75, 3.05) is 5.32 Å². The molecule has 0 fully saturated rings. The van der Waals surface area contributed by atoms with Gasteiger partial charge in [0.15, 0.2) is 11.3 Å². The van der Waals surface area contributed by atoms with Crippen LogP contribution in [0.4, 0.5) is 183 Å². The fourth-order valence-electron chi connectivity index (χ4n) is 11.4. The van der Waals surface area contributed by atoms with Gasteiger partial charge in [0.2, 0.25) is 0 Å². The predicted octanol–water partition coefficient (Wildman–Crippen LogP) is 15.8. The highest BCUT2D eigenvalue weighted by atomic mass is 32.1. The number of hydrazine groups is 2. The summed E-state index contributed by atoms with van der Waals surface area (Å²) in [5.74, 6) is -29.4. The third-order valence-corrected chi connectivity index (χ3v) is 16.6. The molecule has 9 heterocycles. The number of carboxylic acid groups (broad SMARTS) is 1. The van der Waals surface area contributed by atoms with Gasteiger partial charge in [-0.25, -0.2) is 4.79 Å². The number of rotatable bonds is 14. The number of aliphatic imine (C=N–C) groups is 1. The molecule has 3 aromatic carbocycles. The Balaban J connectivity index is 1.53. The van der Waals surface area contributed by atoms with Crippen LogP contribution in [0, 0.1) is 11.3 Å². The number of nitrogens with zero attached hydrogens (tertiary/aromatic N) is 8. The van der Waals surface area contributed by atoms with E-state index in [9.17, 15) is 173 Å². The summed E-state index contributed by atoms with van der Waals surface area (Å²) >= 11 is -0.754. The molecule has 18 nitrogen and oxygen atoms in total. The van der Waals surface area contributed by atoms with Crippen molar-refractivity contribution in [3.8, 4) is 40.6 Å². The smallest absolute Gasteiger partial charge is 0.434 e. The molecule has 58 heteroatoms. The minimum atomic E-state index is -7.05. The van der Waals surface area contributed by atoms with E-state index in [4.69, 9.17) is 0 Å². The van der Waals surface area contributed by atoms with Crippen LogP contribution in [0.1, 0.15) is 38.9 Å². The Labute approximate surface area is 587 Å². The minimum absolute atomic E-state index is 0.307. The molecule has 0 spiro atoms. The van der Waals surface area contributed by atoms with Crippen LogP contribution < -0.4 is 50.2 Å². The zero-order chi connectivity index (χ0) is 84.1. The van der Waals surface area contributed by atoms with Gasteiger partial charge in [0.1, 0.15) is 75.3 Å². The highest BCUT2D eigenvalue weighted by molar-refractivity contribution is 7.20. The van der Waals surface area contributed by atoms with E-state index in [1.165, 1.54) is 0 Å². The van der Waals surface area contributed by atoms with Crippen molar-refractivity contribution >= 4 is 73.4 Å². The molecule has 0 aliphatic carbocycles. The number of hydrogen-bond donors (Lipinski definition) is 3. The number of ether oxygens (including phenoxy) is 6. The Morgan fingerprint density at radius 3 is 1.22 bits per heavy atom. The molecule has 3 aromatic heterocycles. The highest BCUT2D eigenvalue weighted by Crippen LogP contribution is 2.56. The summed E-state index contributed by atoms with van der Waals surface area (Å²) in [5, 5.41) is 14.4. The molecule has 0 saturated heterocycles. The van der Waals surface area contributed by atoms with Crippen molar-refractivity contribution in [3.05, 3.63) is 85.6 Å². The number of anilines is 1. The van der Waals surface area contributed by atoms with E-state index in [0.29, 0.717) is 0 Å². The van der Waals surface area contributed by atoms with Crippen molar-refractivity contribution in [1.82, 2.24) is 14.7 Å². The summed E-state index contributed by atoms with van der Waals surface area (Å²) in [7, 11) is 0. The lowest BCUT2D eigenvalue weighted by molar-refractivity contribution is -0.786. The topological polar surface area (TPSA) is 193 Å². The third-order valence-electron chi connectivity index (χ3n) is 15.5. The molecule has 0 saturated carbocycles. The lowest BCUT2D eigenvalue weighted by Gasteiger charge is -2.27. The first-order valence-corrected chi connectivity index (χ1v) is 29.2. The Morgan fingerprint density at radius 2 is 0.830 bits per heavy atom. The van der Waals surface area contributed by atoms with Crippen LogP contribution in [0.3, 0.4) is 0 Å². The fourth-order valence-corrected chi connectivity index (χ4v) is 12.7. The lowest BCUT2D eigenvalue weighted by Crippen LogP contribution is -2.49. The van der Waals surface area contributed by atoms with Gasteiger partial charge in [-0.2, -0.15) is 186 Å². The van der Waals surface area contributed by atoms with Crippen LogP contribution in [0.2, 0.25) is 0 Å². The fraction of sp³-hybridized carbons (Fsp3) is 0.389. The number of aromatic nitrogens is 2. The van der Waals surface area contributed by atoms with E-state index in [-0.39, 0.29) is 10.6 Å². The molecule has 0 amide bonds. The molecule has 1 unspecified atom stereocenters. The largest absolute Gasteiger partial charge is 0.477 e. The molecule has 0 radical (unpaired) electrons. The van der Waals surface area contributed by atoms with Crippen LogP contribution in [0.15, 0.2) is 56.9 Å². The summed E-state index contributed by atoms with van der Waals surface area (Å²) in [6, 6.07) is -2.83. The van der Waals surface area contributed by atoms with Crippen LogP contribution in [-0.4, -0.2) is 158 Å².